The van der Waals surface area contributed by atoms with E-state index < -0.39 is 0 Å². The number of aromatic nitrogens is 4. The first-order valence-electron chi connectivity index (χ1n) is 12.8. The summed E-state index contributed by atoms with van der Waals surface area (Å²) >= 11 is 0. The fourth-order valence-corrected chi connectivity index (χ4v) is 5.24. The second-order valence-corrected chi connectivity index (χ2v) is 9.72. The van der Waals surface area contributed by atoms with Crippen LogP contribution in [0.15, 0.2) is 66.9 Å². The van der Waals surface area contributed by atoms with Crippen LogP contribution in [0.1, 0.15) is 24.1 Å². The highest BCUT2D eigenvalue weighted by Gasteiger charge is 2.26. The van der Waals surface area contributed by atoms with E-state index in [0.717, 1.165) is 66.3 Å². The van der Waals surface area contributed by atoms with Crippen molar-refractivity contribution in [3.8, 4) is 11.3 Å². The lowest BCUT2D eigenvalue weighted by atomic mass is 9.95. The number of anilines is 1. The number of aromatic amines is 1. The zero-order valence-electron chi connectivity index (χ0n) is 20.7. The second-order valence-electron chi connectivity index (χ2n) is 9.72. The number of aryl methyl sites for hydroxylation is 1. The summed E-state index contributed by atoms with van der Waals surface area (Å²) in [6.07, 6.45) is 4.41. The topological polar surface area (TPSA) is 78.3 Å². The third kappa shape index (κ3) is 4.67. The van der Waals surface area contributed by atoms with E-state index in [1.807, 2.05) is 41.9 Å². The van der Waals surface area contributed by atoms with Gasteiger partial charge in [0.2, 0.25) is 5.91 Å². The van der Waals surface area contributed by atoms with E-state index in [4.69, 9.17) is 5.10 Å². The molecule has 1 fully saturated rings. The maximum atomic E-state index is 13.4. The number of carbonyl (C=O) groups excluding carboxylic acids is 1. The molecule has 6 rings (SSSR count). The Balaban J connectivity index is 1.10. The van der Waals surface area contributed by atoms with E-state index in [1.54, 1.807) is 12.1 Å². The third-order valence-electron chi connectivity index (χ3n) is 7.23. The van der Waals surface area contributed by atoms with Crippen LogP contribution in [-0.2, 0) is 11.2 Å². The molecule has 1 amide bonds. The molecule has 0 atom stereocenters. The number of fused-ring (bicyclic) bond motifs is 2. The van der Waals surface area contributed by atoms with Gasteiger partial charge in [0.1, 0.15) is 11.6 Å². The summed E-state index contributed by atoms with van der Waals surface area (Å²) < 4.78 is 15.2. The summed E-state index contributed by atoms with van der Waals surface area (Å²) in [5, 5.41) is 9.14. The van der Waals surface area contributed by atoms with Gasteiger partial charge in [-0.25, -0.2) is 9.37 Å². The van der Waals surface area contributed by atoms with Gasteiger partial charge < -0.3 is 15.2 Å². The van der Waals surface area contributed by atoms with Crippen molar-refractivity contribution in [3.63, 3.8) is 0 Å². The molecule has 5 aromatic rings. The first-order chi connectivity index (χ1) is 18.0. The van der Waals surface area contributed by atoms with Gasteiger partial charge in [-0.15, -0.1) is 0 Å². The first-order valence-corrected chi connectivity index (χ1v) is 12.8. The fourth-order valence-electron chi connectivity index (χ4n) is 5.24. The summed E-state index contributed by atoms with van der Waals surface area (Å²) in [6, 6.07) is 18.5. The predicted molar refractivity (Wildman–Crippen MR) is 143 cm³/mol. The molecule has 0 bridgehead atoms. The summed E-state index contributed by atoms with van der Waals surface area (Å²) in [4.78, 5) is 23.1. The highest BCUT2D eigenvalue weighted by molar-refractivity contribution is 5.83. The molecular weight excluding hydrogens is 467 g/mol. The van der Waals surface area contributed by atoms with Crippen LogP contribution in [-0.4, -0.2) is 45.1 Å². The minimum absolute atomic E-state index is 0.00467. The van der Waals surface area contributed by atoms with Crippen LogP contribution in [0, 0.1) is 18.7 Å². The van der Waals surface area contributed by atoms with E-state index in [9.17, 15) is 9.18 Å². The summed E-state index contributed by atoms with van der Waals surface area (Å²) in [7, 11) is 0. The van der Waals surface area contributed by atoms with Crippen molar-refractivity contribution in [1.29, 1.82) is 0 Å². The normalized spacial score (nSPS) is 14.5. The van der Waals surface area contributed by atoms with Crippen LogP contribution >= 0.6 is 0 Å². The molecule has 37 heavy (non-hydrogen) atoms. The van der Waals surface area contributed by atoms with Crippen molar-refractivity contribution in [1.82, 2.24) is 24.9 Å². The average Bonchev–Trinajstić information content (AvgIpc) is 3.53. The number of amides is 1. The standard InChI is InChI=1S/C29H29FN6O/c1-19-16-28(36-27(33-19)17-26(34-36)20-6-8-23(30)9-7-20)35-14-11-21(12-15-35)29(37)31-13-10-22-18-32-25-5-3-2-4-24(22)25/h2-9,16-18,21,32H,10-15H2,1H3,(H,31,37). The predicted octanol–water partition coefficient (Wildman–Crippen LogP) is 4.90. The number of carbonyl (C=O) groups is 1. The van der Waals surface area contributed by atoms with Gasteiger partial charge in [-0.05, 0) is 62.1 Å². The van der Waals surface area contributed by atoms with Crippen LogP contribution in [0.4, 0.5) is 10.2 Å². The number of benzene rings is 2. The Labute approximate surface area is 214 Å². The molecule has 1 aliphatic heterocycles. The van der Waals surface area contributed by atoms with Gasteiger partial charge in [-0.1, -0.05) is 18.2 Å². The molecule has 2 N–H and O–H groups in total. The Morgan fingerprint density at radius 2 is 1.89 bits per heavy atom. The number of hydrogen-bond acceptors (Lipinski definition) is 4. The molecule has 3 aromatic heterocycles. The van der Waals surface area contributed by atoms with Crippen molar-refractivity contribution in [2.45, 2.75) is 26.2 Å². The molecule has 8 heteroatoms. The number of rotatable bonds is 6. The molecule has 2 aromatic carbocycles. The molecule has 0 saturated carbocycles. The number of nitrogens with one attached hydrogen (secondary N) is 2. The zero-order valence-corrected chi connectivity index (χ0v) is 20.7. The average molecular weight is 497 g/mol. The van der Waals surface area contributed by atoms with Crippen LogP contribution in [0.5, 0.6) is 0 Å². The van der Waals surface area contributed by atoms with E-state index in [0.29, 0.717) is 6.54 Å². The lowest BCUT2D eigenvalue weighted by molar-refractivity contribution is -0.125. The Kier molecular flexibility index (Phi) is 6.08. The van der Waals surface area contributed by atoms with E-state index in [1.165, 1.54) is 23.1 Å². The minimum atomic E-state index is -0.271. The third-order valence-corrected chi connectivity index (χ3v) is 7.23. The van der Waals surface area contributed by atoms with Crippen molar-refractivity contribution in [2.75, 3.05) is 24.5 Å². The number of para-hydroxylation sites is 1. The largest absolute Gasteiger partial charge is 0.361 e. The van der Waals surface area contributed by atoms with Gasteiger partial charge in [-0.3, -0.25) is 4.79 Å². The maximum Gasteiger partial charge on any atom is 0.223 e. The Morgan fingerprint density at radius 1 is 1.11 bits per heavy atom. The van der Waals surface area contributed by atoms with Crippen molar-refractivity contribution in [2.24, 2.45) is 5.92 Å². The lowest BCUT2D eigenvalue weighted by Crippen LogP contribution is -2.41. The minimum Gasteiger partial charge on any atom is -0.361 e. The molecule has 0 unspecified atom stereocenters. The summed E-state index contributed by atoms with van der Waals surface area (Å²) in [6.45, 7) is 4.14. The number of H-pyrrole nitrogens is 1. The Hall–Kier alpha value is -4.20. The van der Waals surface area contributed by atoms with Crippen LogP contribution in [0.2, 0.25) is 0 Å². The molecular formula is C29H29FN6O. The molecule has 0 spiro atoms. The summed E-state index contributed by atoms with van der Waals surface area (Å²) in [5.41, 5.74) is 5.61. The van der Waals surface area contributed by atoms with Gasteiger partial charge >= 0.3 is 0 Å². The van der Waals surface area contributed by atoms with Crippen LogP contribution < -0.4 is 10.2 Å². The number of piperidine rings is 1. The van der Waals surface area contributed by atoms with Crippen molar-refractivity contribution >= 4 is 28.3 Å². The van der Waals surface area contributed by atoms with Crippen molar-refractivity contribution < 1.29 is 9.18 Å². The van der Waals surface area contributed by atoms with Crippen LogP contribution in [0.25, 0.3) is 27.8 Å². The molecule has 0 aliphatic carbocycles. The van der Waals surface area contributed by atoms with Crippen molar-refractivity contribution in [3.05, 3.63) is 83.9 Å². The number of hydrogen-bond donors (Lipinski definition) is 2. The van der Waals surface area contributed by atoms with Crippen LogP contribution in [0.3, 0.4) is 0 Å². The highest BCUT2D eigenvalue weighted by atomic mass is 19.1. The highest BCUT2D eigenvalue weighted by Crippen LogP contribution is 2.27. The SMILES string of the molecule is Cc1cc(N2CCC(C(=O)NCCc3c[nH]c4ccccc34)CC2)n2nc(-c3ccc(F)cc3)cc2n1. The smallest absolute Gasteiger partial charge is 0.223 e. The van der Waals surface area contributed by atoms with E-state index in [-0.39, 0.29) is 17.6 Å². The first kappa shape index (κ1) is 23.2. The van der Waals surface area contributed by atoms with Gasteiger partial charge in [-0.2, -0.15) is 9.61 Å². The molecule has 0 radical (unpaired) electrons. The molecule has 4 heterocycles. The zero-order chi connectivity index (χ0) is 25.4. The molecule has 7 nitrogen and oxygen atoms in total. The lowest BCUT2D eigenvalue weighted by Gasteiger charge is -2.33. The monoisotopic (exact) mass is 496 g/mol. The van der Waals surface area contributed by atoms with Gasteiger partial charge in [0.25, 0.3) is 0 Å². The summed E-state index contributed by atoms with van der Waals surface area (Å²) in [5.74, 6) is 0.833. The van der Waals surface area contributed by atoms with E-state index in [2.05, 4.69) is 32.3 Å². The number of halogens is 1. The Morgan fingerprint density at radius 3 is 2.70 bits per heavy atom. The van der Waals surface area contributed by atoms with E-state index >= 15 is 0 Å². The molecule has 1 saturated heterocycles. The second kappa shape index (κ2) is 9.69. The van der Waals surface area contributed by atoms with Gasteiger partial charge in [0.15, 0.2) is 5.65 Å². The van der Waals surface area contributed by atoms with Gasteiger partial charge in [0.05, 0.1) is 5.69 Å². The van der Waals surface area contributed by atoms with Gasteiger partial charge in [0, 0.05) is 66.0 Å². The molecule has 1 aliphatic rings. The Bertz CT molecular complexity index is 1560. The quantitative estimate of drug-likeness (QED) is 0.351. The number of nitrogens with zero attached hydrogens (tertiary/aromatic N) is 4. The fraction of sp³-hybridized carbons (Fsp3) is 0.276. The molecule has 188 valence electrons. The maximum absolute atomic E-state index is 13.4.